The average Bonchev–Trinajstić information content (AvgIpc) is 2.60. The minimum Gasteiger partial charge on any atom is -0.217 e. The molecule has 0 saturated carbocycles. The van der Waals surface area contributed by atoms with Crippen LogP contribution in [0.4, 0.5) is 0 Å². The summed E-state index contributed by atoms with van der Waals surface area (Å²) in [7, 11) is 0. The fourth-order valence-electron chi connectivity index (χ4n) is 1.36. The van der Waals surface area contributed by atoms with Gasteiger partial charge in [-0.25, -0.2) is 4.98 Å². The number of nitrogens with zero attached hydrogens (tertiary/aromatic N) is 4. The van der Waals surface area contributed by atoms with Gasteiger partial charge in [0.1, 0.15) is 0 Å². The second-order valence-corrected chi connectivity index (χ2v) is 3.99. The van der Waals surface area contributed by atoms with Crippen LogP contribution >= 0.6 is 11.3 Å². The molecule has 0 fully saturated rings. The van der Waals surface area contributed by atoms with Gasteiger partial charge in [-0.3, -0.25) is 0 Å². The first-order valence-electron chi connectivity index (χ1n) is 3.97. The van der Waals surface area contributed by atoms with E-state index in [0.29, 0.717) is 0 Å². The molecule has 3 heterocycles. The summed E-state index contributed by atoms with van der Waals surface area (Å²) in [6.45, 7) is 1.99. The first kappa shape index (κ1) is 6.97. The van der Waals surface area contributed by atoms with Gasteiger partial charge in [-0.2, -0.15) is 0 Å². The fourth-order valence-corrected chi connectivity index (χ4v) is 2.13. The Hall–Kier alpha value is -1.49. The van der Waals surface area contributed by atoms with Gasteiger partial charge in [-0.15, -0.1) is 0 Å². The summed E-state index contributed by atoms with van der Waals surface area (Å²) < 4.78 is 3.71. The first-order valence-corrected chi connectivity index (χ1v) is 4.79. The Balaban J connectivity index is 2.60. The Morgan fingerprint density at radius 1 is 1.46 bits per heavy atom. The third kappa shape index (κ3) is 0.874. The van der Waals surface area contributed by atoms with Crippen LogP contribution < -0.4 is 4.63 Å². The first-order chi connectivity index (χ1) is 6.34. The molecule has 0 saturated heterocycles. The van der Waals surface area contributed by atoms with Crippen LogP contribution in [0.25, 0.3) is 10.5 Å². The maximum Gasteiger partial charge on any atom is 0.239 e. The predicted octanol–water partition coefficient (Wildman–Crippen LogP) is 0.838. The average molecular weight is 191 g/mol. The molecule has 0 unspecified atom stereocenters. The molecule has 3 aromatic rings. The number of hydrogen-bond acceptors (Lipinski definition) is 3. The minimum absolute atomic E-state index is 0.933. The van der Waals surface area contributed by atoms with Gasteiger partial charge in [0.25, 0.3) is 0 Å². The molecule has 4 nitrogen and oxygen atoms in total. The molecular weight excluding hydrogens is 184 g/mol. The van der Waals surface area contributed by atoms with E-state index in [4.69, 9.17) is 0 Å². The number of aromatic nitrogens is 4. The van der Waals surface area contributed by atoms with Gasteiger partial charge in [0.2, 0.25) is 16.7 Å². The maximum absolute atomic E-state index is 4.40. The van der Waals surface area contributed by atoms with Crippen LogP contribution in [0.3, 0.4) is 0 Å². The topological polar surface area (TPSA) is 34.3 Å². The lowest BCUT2D eigenvalue weighted by molar-refractivity contribution is -0.673. The summed E-state index contributed by atoms with van der Waals surface area (Å²) in [6, 6.07) is 3.92. The van der Waals surface area contributed by atoms with Crippen LogP contribution in [0.15, 0.2) is 24.5 Å². The third-order valence-corrected chi connectivity index (χ3v) is 2.73. The molecule has 0 radical (unpaired) electrons. The van der Waals surface area contributed by atoms with Gasteiger partial charge >= 0.3 is 0 Å². The zero-order chi connectivity index (χ0) is 8.84. The fraction of sp³-hybridized carbons (Fsp3) is 0.125. The van der Waals surface area contributed by atoms with Crippen LogP contribution in [0.1, 0.15) is 5.01 Å². The molecule has 0 atom stereocenters. The summed E-state index contributed by atoms with van der Waals surface area (Å²) in [6.07, 6.45) is 3.86. The van der Waals surface area contributed by atoms with Crippen molar-refractivity contribution >= 4 is 21.8 Å². The van der Waals surface area contributed by atoms with E-state index >= 15 is 0 Å². The lowest BCUT2D eigenvalue weighted by Crippen LogP contribution is -2.29. The van der Waals surface area contributed by atoms with Crippen LogP contribution in [0.5, 0.6) is 0 Å². The summed E-state index contributed by atoms with van der Waals surface area (Å²) in [4.78, 5) is 5.38. The lowest BCUT2D eigenvalue weighted by Gasteiger charge is -1.81. The van der Waals surface area contributed by atoms with E-state index in [0.717, 1.165) is 15.5 Å². The van der Waals surface area contributed by atoms with Crippen molar-refractivity contribution in [2.45, 2.75) is 6.92 Å². The number of fused-ring (bicyclic) bond motifs is 3. The van der Waals surface area contributed by atoms with E-state index in [2.05, 4.69) is 10.1 Å². The van der Waals surface area contributed by atoms with E-state index < -0.39 is 0 Å². The Morgan fingerprint density at radius 2 is 2.38 bits per heavy atom. The standard InChI is InChI=1S/C8H7N4S/c1-6-9-7-8(13-6)10-12-5-3-2-4-11(7)12/h2-5H,1H3/q+1. The second kappa shape index (κ2) is 2.26. The summed E-state index contributed by atoms with van der Waals surface area (Å²) in [5, 5.41) is 5.42. The largest absolute Gasteiger partial charge is 0.239 e. The van der Waals surface area contributed by atoms with Gasteiger partial charge in [0.15, 0.2) is 0 Å². The zero-order valence-electron chi connectivity index (χ0n) is 7.01. The molecule has 0 aromatic carbocycles. The van der Waals surface area contributed by atoms with Gasteiger partial charge in [-0.05, 0) is 13.0 Å². The number of thiazole rings is 1. The summed E-state index contributed by atoms with van der Waals surface area (Å²) >= 11 is 1.61. The predicted molar refractivity (Wildman–Crippen MR) is 48.8 cm³/mol. The molecule has 3 rings (SSSR count). The molecule has 64 valence electrons. The van der Waals surface area contributed by atoms with Gasteiger partial charge < -0.3 is 0 Å². The Kier molecular flexibility index (Phi) is 1.21. The van der Waals surface area contributed by atoms with E-state index in [1.165, 1.54) is 0 Å². The normalized spacial score (nSPS) is 11.5. The van der Waals surface area contributed by atoms with Crippen molar-refractivity contribution in [1.29, 1.82) is 0 Å². The molecular formula is C8H7N4S+. The van der Waals surface area contributed by atoms with Crippen molar-refractivity contribution in [3.8, 4) is 0 Å². The summed E-state index contributed by atoms with van der Waals surface area (Å²) in [5.41, 5.74) is 0.933. The molecule has 0 spiro atoms. The van der Waals surface area contributed by atoms with Gasteiger partial charge in [0, 0.05) is 15.8 Å². The third-order valence-electron chi connectivity index (χ3n) is 1.89. The highest BCUT2D eigenvalue weighted by Gasteiger charge is 2.14. The molecule has 3 aromatic heterocycles. The van der Waals surface area contributed by atoms with Crippen LogP contribution in [0.2, 0.25) is 0 Å². The van der Waals surface area contributed by atoms with E-state index in [1.54, 1.807) is 16.0 Å². The van der Waals surface area contributed by atoms with E-state index in [1.807, 2.05) is 36.0 Å². The molecule has 13 heavy (non-hydrogen) atoms. The SMILES string of the molecule is Cc1nc2c(n[n+]3ccccn23)s1. The van der Waals surface area contributed by atoms with Crippen LogP contribution in [-0.2, 0) is 0 Å². The quantitative estimate of drug-likeness (QED) is 0.493. The van der Waals surface area contributed by atoms with Crippen LogP contribution in [-0.4, -0.2) is 14.6 Å². The summed E-state index contributed by atoms with van der Waals surface area (Å²) in [5.74, 6) is 0. The smallest absolute Gasteiger partial charge is 0.217 e. The molecule has 0 bridgehead atoms. The zero-order valence-corrected chi connectivity index (χ0v) is 7.82. The molecule has 0 N–H and O–H groups in total. The number of hydrogen-bond donors (Lipinski definition) is 0. The lowest BCUT2D eigenvalue weighted by atomic mass is 10.6. The highest BCUT2D eigenvalue weighted by atomic mass is 32.1. The Labute approximate surface area is 78.1 Å². The number of aryl methyl sites for hydroxylation is 1. The molecule has 0 aliphatic heterocycles. The van der Waals surface area contributed by atoms with E-state index in [-0.39, 0.29) is 0 Å². The molecule has 0 amide bonds. The van der Waals surface area contributed by atoms with Crippen LogP contribution in [0, 0.1) is 6.92 Å². The van der Waals surface area contributed by atoms with Gasteiger partial charge in [0.05, 0.1) is 11.2 Å². The van der Waals surface area contributed by atoms with Crippen molar-refractivity contribution in [2.24, 2.45) is 0 Å². The van der Waals surface area contributed by atoms with Gasteiger partial charge in [-0.1, -0.05) is 15.9 Å². The second-order valence-electron chi connectivity index (χ2n) is 2.81. The van der Waals surface area contributed by atoms with Crippen molar-refractivity contribution < 1.29 is 4.63 Å². The Morgan fingerprint density at radius 3 is 3.31 bits per heavy atom. The maximum atomic E-state index is 4.40. The highest BCUT2D eigenvalue weighted by molar-refractivity contribution is 7.18. The Bertz CT molecular complexity index is 580. The monoisotopic (exact) mass is 191 g/mol. The highest BCUT2D eigenvalue weighted by Crippen LogP contribution is 2.16. The van der Waals surface area contributed by atoms with Crippen molar-refractivity contribution in [2.75, 3.05) is 0 Å². The molecule has 5 heteroatoms. The molecule has 0 aliphatic rings. The van der Waals surface area contributed by atoms with E-state index in [9.17, 15) is 0 Å². The van der Waals surface area contributed by atoms with Crippen molar-refractivity contribution in [3.05, 3.63) is 29.5 Å². The van der Waals surface area contributed by atoms with Crippen molar-refractivity contribution in [1.82, 2.24) is 14.6 Å². The molecule has 0 aliphatic carbocycles. The van der Waals surface area contributed by atoms with Crippen molar-refractivity contribution in [3.63, 3.8) is 0 Å². The minimum atomic E-state index is 0.933. The number of rotatable bonds is 0.